The SMILES string of the molecule is CCC=C1SC(=O)N(CCCCOc2cccn3ccnc23)C1=O. The number of carbonyl (C=O) groups is 2. The third-order valence-electron chi connectivity index (χ3n) is 3.68. The molecule has 0 bridgehead atoms. The van der Waals surface area contributed by atoms with Gasteiger partial charge in [0.05, 0.1) is 11.5 Å². The van der Waals surface area contributed by atoms with E-state index in [1.807, 2.05) is 35.9 Å². The fraction of sp³-hybridized carbons (Fsp3) is 0.353. The summed E-state index contributed by atoms with van der Waals surface area (Å²) in [6.45, 7) is 2.90. The Morgan fingerprint density at radius 3 is 3.00 bits per heavy atom. The van der Waals surface area contributed by atoms with Gasteiger partial charge in [0, 0.05) is 25.1 Å². The maximum Gasteiger partial charge on any atom is 0.293 e. The number of carbonyl (C=O) groups excluding carboxylic acids is 2. The molecular formula is C17H19N3O3S. The van der Waals surface area contributed by atoms with E-state index in [9.17, 15) is 9.59 Å². The average molecular weight is 345 g/mol. The van der Waals surface area contributed by atoms with Crippen LogP contribution in [0.5, 0.6) is 5.75 Å². The maximum absolute atomic E-state index is 12.1. The summed E-state index contributed by atoms with van der Waals surface area (Å²) >= 11 is 1.03. The molecule has 0 radical (unpaired) electrons. The number of allylic oxidation sites excluding steroid dienone is 1. The van der Waals surface area contributed by atoms with Crippen molar-refractivity contribution in [1.82, 2.24) is 14.3 Å². The highest BCUT2D eigenvalue weighted by atomic mass is 32.2. The smallest absolute Gasteiger partial charge is 0.293 e. The lowest BCUT2D eigenvalue weighted by molar-refractivity contribution is -0.122. The molecule has 0 atom stereocenters. The van der Waals surface area contributed by atoms with Crippen LogP contribution in [-0.4, -0.2) is 38.6 Å². The van der Waals surface area contributed by atoms with Crippen molar-refractivity contribution in [2.45, 2.75) is 26.2 Å². The Kier molecular flexibility index (Phi) is 5.20. The molecule has 0 spiro atoms. The molecule has 2 amide bonds. The number of hydrogen-bond acceptors (Lipinski definition) is 5. The van der Waals surface area contributed by atoms with Gasteiger partial charge in [0.1, 0.15) is 0 Å². The van der Waals surface area contributed by atoms with E-state index in [-0.39, 0.29) is 11.1 Å². The van der Waals surface area contributed by atoms with E-state index in [0.29, 0.717) is 18.1 Å². The quantitative estimate of drug-likeness (QED) is 0.568. The molecule has 6 nitrogen and oxygen atoms in total. The second-order valence-corrected chi connectivity index (χ2v) is 6.38. The molecule has 0 unspecified atom stereocenters. The lowest BCUT2D eigenvalue weighted by Crippen LogP contribution is -2.29. The van der Waals surface area contributed by atoms with Crippen molar-refractivity contribution in [3.8, 4) is 5.75 Å². The standard InChI is InChI=1S/C17H19N3O3S/c1-2-6-14-16(21)20(17(22)24-14)10-3-4-12-23-13-7-5-9-19-11-8-18-15(13)19/h5-9,11H,2-4,10,12H2,1H3. The van der Waals surface area contributed by atoms with E-state index in [0.717, 1.165) is 42.4 Å². The minimum absolute atomic E-state index is 0.171. The summed E-state index contributed by atoms with van der Waals surface area (Å²) in [6, 6.07) is 3.79. The van der Waals surface area contributed by atoms with E-state index >= 15 is 0 Å². The molecular weight excluding hydrogens is 326 g/mol. The molecule has 3 rings (SSSR count). The van der Waals surface area contributed by atoms with Crippen LogP contribution in [0.25, 0.3) is 5.65 Å². The van der Waals surface area contributed by atoms with Crippen molar-refractivity contribution in [3.05, 3.63) is 41.7 Å². The van der Waals surface area contributed by atoms with Gasteiger partial charge in [-0.25, -0.2) is 4.98 Å². The van der Waals surface area contributed by atoms with Crippen molar-refractivity contribution in [3.63, 3.8) is 0 Å². The molecule has 0 saturated carbocycles. The first-order chi connectivity index (χ1) is 11.7. The van der Waals surface area contributed by atoms with Crippen LogP contribution in [0.1, 0.15) is 26.2 Å². The Hall–Kier alpha value is -2.28. The minimum Gasteiger partial charge on any atom is -0.490 e. The fourth-order valence-corrected chi connectivity index (χ4v) is 3.42. The largest absolute Gasteiger partial charge is 0.490 e. The first-order valence-electron chi connectivity index (χ1n) is 7.99. The summed E-state index contributed by atoms with van der Waals surface area (Å²) in [5.74, 6) is 0.564. The summed E-state index contributed by atoms with van der Waals surface area (Å²) in [6.07, 6.45) is 9.55. The Bertz CT molecular complexity index is 784. The van der Waals surface area contributed by atoms with Crippen LogP contribution < -0.4 is 4.74 Å². The van der Waals surface area contributed by atoms with Crippen LogP contribution >= 0.6 is 11.8 Å². The number of thioether (sulfide) groups is 1. The third kappa shape index (κ3) is 3.46. The summed E-state index contributed by atoms with van der Waals surface area (Å²) in [7, 11) is 0. The minimum atomic E-state index is -0.178. The molecule has 24 heavy (non-hydrogen) atoms. The number of pyridine rings is 1. The molecule has 0 N–H and O–H groups in total. The van der Waals surface area contributed by atoms with E-state index in [4.69, 9.17) is 4.74 Å². The topological polar surface area (TPSA) is 63.9 Å². The number of hydrogen-bond donors (Lipinski definition) is 0. The Labute approximate surface area is 144 Å². The number of ether oxygens (including phenoxy) is 1. The van der Waals surface area contributed by atoms with Crippen molar-refractivity contribution >= 4 is 28.6 Å². The molecule has 3 heterocycles. The Balaban J connectivity index is 1.46. The van der Waals surface area contributed by atoms with Crippen LogP contribution in [0.3, 0.4) is 0 Å². The molecule has 2 aromatic rings. The van der Waals surface area contributed by atoms with Crippen LogP contribution in [-0.2, 0) is 4.79 Å². The highest BCUT2D eigenvalue weighted by Crippen LogP contribution is 2.30. The van der Waals surface area contributed by atoms with E-state index < -0.39 is 0 Å². The van der Waals surface area contributed by atoms with Gasteiger partial charge in [0.25, 0.3) is 11.1 Å². The summed E-state index contributed by atoms with van der Waals surface area (Å²) < 4.78 is 7.67. The van der Waals surface area contributed by atoms with Crippen LogP contribution in [0.2, 0.25) is 0 Å². The molecule has 126 valence electrons. The Morgan fingerprint density at radius 1 is 1.29 bits per heavy atom. The number of imidazole rings is 1. The van der Waals surface area contributed by atoms with Crippen molar-refractivity contribution in [2.75, 3.05) is 13.2 Å². The van der Waals surface area contributed by atoms with Gasteiger partial charge in [-0.3, -0.25) is 14.5 Å². The van der Waals surface area contributed by atoms with Gasteiger partial charge in [-0.1, -0.05) is 13.0 Å². The zero-order valence-electron chi connectivity index (χ0n) is 13.5. The van der Waals surface area contributed by atoms with E-state index in [1.54, 1.807) is 12.3 Å². The Morgan fingerprint density at radius 2 is 2.17 bits per heavy atom. The second kappa shape index (κ2) is 7.53. The predicted octanol–water partition coefficient (Wildman–Crippen LogP) is 3.48. The van der Waals surface area contributed by atoms with Crippen molar-refractivity contribution in [1.29, 1.82) is 0 Å². The number of unbranched alkanes of at least 4 members (excludes halogenated alkanes) is 1. The van der Waals surface area contributed by atoms with Crippen LogP contribution in [0, 0.1) is 0 Å². The molecule has 1 aliphatic rings. The molecule has 7 heteroatoms. The molecule has 0 aliphatic carbocycles. The van der Waals surface area contributed by atoms with Crippen LogP contribution in [0.15, 0.2) is 41.7 Å². The van der Waals surface area contributed by atoms with Gasteiger partial charge in [-0.15, -0.1) is 0 Å². The van der Waals surface area contributed by atoms with Crippen molar-refractivity contribution < 1.29 is 14.3 Å². The number of imide groups is 1. The van der Waals surface area contributed by atoms with Crippen molar-refractivity contribution in [2.24, 2.45) is 0 Å². The summed E-state index contributed by atoms with van der Waals surface area (Å²) in [5, 5.41) is -0.178. The first-order valence-corrected chi connectivity index (χ1v) is 8.80. The number of nitrogens with zero attached hydrogens (tertiary/aromatic N) is 3. The highest BCUT2D eigenvalue weighted by Gasteiger charge is 2.33. The number of rotatable bonds is 7. The van der Waals surface area contributed by atoms with E-state index in [2.05, 4.69) is 4.98 Å². The van der Waals surface area contributed by atoms with Gasteiger partial charge in [-0.2, -0.15) is 0 Å². The molecule has 1 aliphatic heterocycles. The fourth-order valence-electron chi connectivity index (χ4n) is 2.50. The second-order valence-electron chi connectivity index (χ2n) is 5.39. The van der Waals surface area contributed by atoms with Gasteiger partial charge in [-0.05, 0) is 43.2 Å². The molecule has 0 aromatic carbocycles. The summed E-state index contributed by atoms with van der Waals surface area (Å²) in [4.78, 5) is 30.1. The zero-order valence-corrected chi connectivity index (χ0v) is 14.3. The zero-order chi connectivity index (χ0) is 16.9. The highest BCUT2D eigenvalue weighted by molar-refractivity contribution is 8.18. The molecule has 1 fully saturated rings. The van der Waals surface area contributed by atoms with Gasteiger partial charge >= 0.3 is 0 Å². The molecule has 1 saturated heterocycles. The average Bonchev–Trinajstić information content (AvgIpc) is 3.15. The molecule has 2 aromatic heterocycles. The van der Waals surface area contributed by atoms with E-state index in [1.165, 1.54) is 4.90 Å². The van der Waals surface area contributed by atoms with Gasteiger partial charge in [0.15, 0.2) is 11.4 Å². The maximum atomic E-state index is 12.1. The van der Waals surface area contributed by atoms with Gasteiger partial charge in [0.2, 0.25) is 0 Å². The first kappa shape index (κ1) is 16.6. The number of aromatic nitrogens is 2. The predicted molar refractivity (Wildman–Crippen MR) is 93.0 cm³/mol. The van der Waals surface area contributed by atoms with Crippen LogP contribution in [0.4, 0.5) is 4.79 Å². The lowest BCUT2D eigenvalue weighted by atomic mass is 10.3. The number of fused-ring (bicyclic) bond motifs is 1. The normalized spacial score (nSPS) is 16.5. The number of amides is 2. The monoisotopic (exact) mass is 345 g/mol. The third-order valence-corrected chi connectivity index (χ3v) is 4.64. The summed E-state index contributed by atoms with van der Waals surface area (Å²) in [5.41, 5.74) is 0.785. The lowest BCUT2D eigenvalue weighted by Gasteiger charge is -2.12. The van der Waals surface area contributed by atoms with Gasteiger partial charge < -0.3 is 9.14 Å².